The number of halogens is 3. The zero-order valence-corrected chi connectivity index (χ0v) is 19.0. The zero-order valence-electron chi connectivity index (χ0n) is 18.2. The van der Waals surface area contributed by atoms with Crippen LogP contribution in [-0.4, -0.2) is 33.5 Å². The Morgan fingerprint density at radius 1 is 1.15 bits per heavy atom. The lowest BCUT2D eigenvalue weighted by molar-refractivity contribution is -0.137. The number of hydrogen-bond acceptors (Lipinski definition) is 6. The van der Waals surface area contributed by atoms with Crippen molar-refractivity contribution in [2.45, 2.75) is 37.8 Å². The van der Waals surface area contributed by atoms with Crippen LogP contribution in [0.25, 0.3) is 0 Å². The molecule has 3 rings (SSSR count). The summed E-state index contributed by atoms with van der Waals surface area (Å²) < 4.78 is 51.0. The van der Waals surface area contributed by atoms with Gasteiger partial charge >= 0.3 is 6.18 Å². The summed E-state index contributed by atoms with van der Waals surface area (Å²) in [6.45, 7) is 4.34. The van der Waals surface area contributed by atoms with Gasteiger partial charge in [0.15, 0.2) is 17.1 Å². The molecule has 0 aliphatic heterocycles. The Balaban J connectivity index is 1.60. The standard InChI is InChI=1S/C22H23F3N4O3S/c1-4-29-20(14(2)32-18-7-5-6-17(12-18)31-3)27-28-21(29)33-13-19(30)26-16-10-8-15(9-11-16)22(23,24)25/h5-12,14H,4,13H2,1-3H3,(H,26,30). The summed E-state index contributed by atoms with van der Waals surface area (Å²) in [6.07, 6.45) is -4.83. The molecule has 0 saturated heterocycles. The number of carbonyl (C=O) groups excluding carboxylic acids is 1. The van der Waals surface area contributed by atoms with Crippen molar-refractivity contribution in [2.75, 3.05) is 18.2 Å². The van der Waals surface area contributed by atoms with Crippen molar-refractivity contribution in [3.63, 3.8) is 0 Å². The highest BCUT2D eigenvalue weighted by molar-refractivity contribution is 7.99. The smallest absolute Gasteiger partial charge is 0.416 e. The van der Waals surface area contributed by atoms with Crippen LogP contribution in [0.15, 0.2) is 53.7 Å². The Bertz CT molecular complexity index is 1090. The number of amides is 1. The second kappa shape index (κ2) is 10.6. The molecule has 1 N–H and O–H groups in total. The van der Waals surface area contributed by atoms with E-state index in [-0.39, 0.29) is 17.3 Å². The van der Waals surface area contributed by atoms with E-state index in [2.05, 4.69) is 15.5 Å². The van der Waals surface area contributed by atoms with E-state index in [1.807, 2.05) is 36.6 Å². The minimum absolute atomic E-state index is 0.0181. The Hall–Kier alpha value is -3.21. The third-order valence-corrected chi connectivity index (χ3v) is 5.57. The molecule has 1 amide bonds. The molecule has 0 aliphatic carbocycles. The van der Waals surface area contributed by atoms with E-state index in [4.69, 9.17) is 9.47 Å². The van der Waals surface area contributed by atoms with Gasteiger partial charge in [0.05, 0.1) is 18.4 Å². The molecule has 1 atom stereocenters. The van der Waals surface area contributed by atoms with Crippen molar-refractivity contribution < 1.29 is 27.4 Å². The molecule has 7 nitrogen and oxygen atoms in total. The monoisotopic (exact) mass is 480 g/mol. The van der Waals surface area contributed by atoms with Crippen LogP contribution in [0, 0.1) is 0 Å². The first-order chi connectivity index (χ1) is 15.7. The normalized spacial score (nSPS) is 12.3. The average molecular weight is 481 g/mol. The summed E-state index contributed by atoms with van der Waals surface area (Å²) >= 11 is 1.18. The predicted molar refractivity (Wildman–Crippen MR) is 119 cm³/mol. The molecule has 2 aromatic carbocycles. The number of ether oxygens (including phenoxy) is 2. The molecule has 1 aromatic heterocycles. The number of rotatable bonds is 9. The van der Waals surface area contributed by atoms with E-state index in [0.717, 1.165) is 12.1 Å². The van der Waals surface area contributed by atoms with Crippen LogP contribution in [0.2, 0.25) is 0 Å². The molecule has 0 fully saturated rings. The lowest BCUT2D eigenvalue weighted by Crippen LogP contribution is -2.15. The minimum atomic E-state index is -4.42. The van der Waals surface area contributed by atoms with Gasteiger partial charge in [-0.05, 0) is 50.2 Å². The van der Waals surface area contributed by atoms with Crippen LogP contribution in [0.3, 0.4) is 0 Å². The van der Waals surface area contributed by atoms with Gasteiger partial charge in [-0.15, -0.1) is 10.2 Å². The second-order valence-electron chi connectivity index (χ2n) is 6.94. The van der Waals surface area contributed by atoms with Crippen LogP contribution in [-0.2, 0) is 17.5 Å². The third kappa shape index (κ3) is 6.41. The molecular formula is C22H23F3N4O3S. The topological polar surface area (TPSA) is 78.3 Å². The summed E-state index contributed by atoms with van der Waals surface area (Å²) in [4.78, 5) is 12.3. The van der Waals surface area contributed by atoms with Crippen molar-refractivity contribution in [3.8, 4) is 11.5 Å². The van der Waals surface area contributed by atoms with Crippen molar-refractivity contribution in [1.82, 2.24) is 14.8 Å². The maximum atomic E-state index is 12.7. The average Bonchev–Trinajstić information content (AvgIpc) is 3.20. The van der Waals surface area contributed by atoms with Crippen LogP contribution in [0.5, 0.6) is 11.5 Å². The van der Waals surface area contributed by atoms with E-state index in [9.17, 15) is 18.0 Å². The van der Waals surface area contributed by atoms with Gasteiger partial charge in [0.25, 0.3) is 0 Å². The molecule has 0 radical (unpaired) electrons. The molecule has 0 spiro atoms. The summed E-state index contributed by atoms with van der Waals surface area (Å²) in [5, 5.41) is 11.5. The highest BCUT2D eigenvalue weighted by Gasteiger charge is 2.30. The Kier molecular flexibility index (Phi) is 7.85. The Morgan fingerprint density at radius 3 is 2.48 bits per heavy atom. The lowest BCUT2D eigenvalue weighted by atomic mass is 10.2. The number of alkyl halides is 3. The molecule has 33 heavy (non-hydrogen) atoms. The van der Waals surface area contributed by atoms with E-state index in [1.54, 1.807) is 13.2 Å². The molecule has 1 heterocycles. The van der Waals surface area contributed by atoms with Gasteiger partial charge in [-0.25, -0.2) is 0 Å². The number of hydrogen-bond donors (Lipinski definition) is 1. The number of aromatic nitrogens is 3. The third-order valence-electron chi connectivity index (χ3n) is 4.61. The molecule has 0 saturated carbocycles. The fourth-order valence-electron chi connectivity index (χ4n) is 3.01. The highest BCUT2D eigenvalue weighted by atomic mass is 32.2. The Labute approximate surface area is 193 Å². The molecule has 0 bridgehead atoms. The van der Waals surface area contributed by atoms with Gasteiger partial charge in [0.2, 0.25) is 5.91 Å². The summed E-state index contributed by atoms with van der Waals surface area (Å²) in [5.41, 5.74) is -0.490. The van der Waals surface area contributed by atoms with Crippen LogP contribution in [0.1, 0.15) is 31.3 Å². The van der Waals surface area contributed by atoms with Gasteiger partial charge in [0.1, 0.15) is 11.5 Å². The van der Waals surface area contributed by atoms with Gasteiger partial charge in [0, 0.05) is 18.3 Å². The fourth-order valence-corrected chi connectivity index (χ4v) is 3.82. The first kappa shape index (κ1) is 24.4. The number of benzene rings is 2. The van der Waals surface area contributed by atoms with Crippen LogP contribution in [0.4, 0.5) is 18.9 Å². The summed E-state index contributed by atoms with van der Waals surface area (Å²) in [7, 11) is 1.58. The highest BCUT2D eigenvalue weighted by Crippen LogP contribution is 2.30. The maximum Gasteiger partial charge on any atom is 0.416 e. The number of nitrogens with one attached hydrogen (secondary N) is 1. The second-order valence-corrected chi connectivity index (χ2v) is 7.88. The molecule has 1 unspecified atom stereocenters. The quantitative estimate of drug-likeness (QED) is 0.425. The zero-order chi connectivity index (χ0) is 24.0. The molecule has 3 aromatic rings. The van der Waals surface area contributed by atoms with Crippen molar-refractivity contribution >= 4 is 23.4 Å². The summed E-state index contributed by atoms with van der Waals surface area (Å²) in [6, 6.07) is 11.5. The summed E-state index contributed by atoms with van der Waals surface area (Å²) in [5.74, 6) is 1.55. The van der Waals surface area contributed by atoms with Gasteiger partial charge in [-0.2, -0.15) is 13.2 Å². The first-order valence-electron chi connectivity index (χ1n) is 10.0. The van der Waals surface area contributed by atoms with E-state index < -0.39 is 17.8 Å². The van der Waals surface area contributed by atoms with Gasteiger partial charge in [-0.1, -0.05) is 17.8 Å². The molecular weight excluding hydrogens is 457 g/mol. The minimum Gasteiger partial charge on any atom is -0.497 e. The van der Waals surface area contributed by atoms with Gasteiger partial charge in [-0.3, -0.25) is 4.79 Å². The number of anilines is 1. The van der Waals surface area contributed by atoms with E-state index in [1.165, 1.54) is 23.9 Å². The van der Waals surface area contributed by atoms with E-state index >= 15 is 0 Å². The lowest BCUT2D eigenvalue weighted by Gasteiger charge is -2.16. The molecule has 11 heteroatoms. The maximum absolute atomic E-state index is 12.7. The van der Waals surface area contributed by atoms with Gasteiger partial charge < -0.3 is 19.4 Å². The molecule has 0 aliphatic rings. The van der Waals surface area contributed by atoms with Crippen LogP contribution < -0.4 is 14.8 Å². The Morgan fingerprint density at radius 2 is 1.85 bits per heavy atom. The first-order valence-corrected chi connectivity index (χ1v) is 11.0. The fraction of sp³-hybridized carbons (Fsp3) is 0.318. The number of thioether (sulfide) groups is 1. The SMILES string of the molecule is CCn1c(SCC(=O)Nc2ccc(C(F)(F)F)cc2)nnc1C(C)Oc1cccc(OC)c1. The number of carbonyl (C=O) groups is 1. The van der Waals surface area contributed by atoms with E-state index in [0.29, 0.717) is 29.0 Å². The molecule has 176 valence electrons. The largest absolute Gasteiger partial charge is 0.497 e. The predicted octanol–water partition coefficient (Wildman–Crippen LogP) is 5.20. The van der Waals surface area contributed by atoms with Crippen LogP contribution >= 0.6 is 11.8 Å². The number of methoxy groups -OCH3 is 1. The van der Waals surface area contributed by atoms with Crippen molar-refractivity contribution in [1.29, 1.82) is 0 Å². The van der Waals surface area contributed by atoms with Crippen molar-refractivity contribution in [2.24, 2.45) is 0 Å². The van der Waals surface area contributed by atoms with Crippen molar-refractivity contribution in [3.05, 3.63) is 59.9 Å². The number of nitrogens with zero attached hydrogens (tertiary/aromatic N) is 3.